The van der Waals surface area contributed by atoms with Crippen LogP contribution in [0.25, 0.3) is 0 Å². The Morgan fingerprint density at radius 3 is 1.88 bits per heavy atom. The minimum Gasteiger partial charge on any atom is -0.444 e. The largest absolute Gasteiger partial charge is 0.444 e. The summed E-state index contributed by atoms with van der Waals surface area (Å²) in [6, 6.07) is -0.621. The third kappa shape index (κ3) is 8.54. The fourth-order valence-corrected chi connectivity index (χ4v) is 1.03. The normalized spacial score (nSPS) is 13.8. The van der Waals surface area contributed by atoms with Crippen LogP contribution >= 0.6 is 0 Å². The molecule has 5 nitrogen and oxygen atoms in total. The molecule has 100 valence electrons. The number of alkyl carbamates (subject to hydrolysis) is 1. The summed E-state index contributed by atoms with van der Waals surface area (Å²) in [5.74, 6) is -0.233. The van der Waals surface area contributed by atoms with Gasteiger partial charge in [0.2, 0.25) is 5.91 Å². The molecule has 2 N–H and O–H groups in total. The lowest BCUT2D eigenvalue weighted by molar-refractivity contribution is -0.124. The number of ether oxygens (including phenoxy) is 1. The first-order chi connectivity index (χ1) is 7.41. The van der Waals surface area contributed by atoms with E-state index >= 15 is 0 Å². The van der Waals surface area contributed by atoms with Crippen molar-refractivity contribution in [3.8, 4) is 0 Å². The SMILES string of the molecule is C[C@H](NC(=O)OC(C)(C)C)C(=O)NC(C)(C)C. The van der Waals surface area contributed by atoms with Gasteiger partial charge >= 0.3 is 6.09 Å². The van der Waals surface area contributed by atoms with E-state index in [0.717, 1.165) is 0 Å². The second kappa shape index (κ2) is 5.38. The Balaban J connectivity index is 4.22. The Hall–Kier alpha value is -1.26. The van der Waals surface area contributed by atoms with Crippen molar-refractivity contribution in [1.82, 2.24) is 10.6 Å². The molecule has 0 unspecified atom stereocenters. The van der Waals surface area contributed by atoms with Crippen LogP contribution in [0.5, 0.6) is 0 Å². The van der Waals surface area contributed by atoms with Crippen LogP contribution in [0.15, 0.2) is 0 Å². The quantitative estimate of drug-likeness (QED) is 0.778. The Morgan fingerprint density at radius 1 is 1.06 bits per heavy atom. The predicted octanol–water partition coefficient (Wildman–Crippen LogP) is 1.81. The molecule has 0 aliphatic heterocycles. The number of rotatable bonds is 2. The van der Waals surface area contributed by atoms with Crippen LogP contribution < -0.4 is 10.6 Å². The average Bonchev–Trinajstić information content (AvgIpc) is 1.95. The topological polar surface area (TPSA) is 67.4 Å². The molecule has 1 atom stereocenters. The first-order valence-corrected chi connectivity index (χ1v) is 5.72. The lowest BCUT2D eigenvalue weighted by Crippen LogP contribution is -2.51. The first-order valence-electron chi connectivity index (χ1n) is 5.72. The van der Waals surface area contributed by atoms with Gasteiger partial charge in [0.1, 0.15) is 11.6 Å². The van der Waals surface area contributed by atoms with Gasteiger partial charge in [-0.1, -0.05) is 0 Å². The molecule has 0 bridgehead atoms. The van der Waals surface area contributed by atoms with Gasteiger partial charge in [0.15, 0.2) is 0 Å². The maximum atomic E-state index is 11.7. The van der Waals surface area contributed by atoms with Crippen molar-refractivity contribution in [1.29, 1.82) is 0 Å². The van der Waals surface area contributed by atoms with Crippen molar-refractivity contribution < 1.29 is 14.3 Å². The zero-order valence-corrected chi connectivity index (χ0v) is 11.8. The van der Waals surface area contributed by atoms with Crippen LogP contribution in [0, 0.1) is 0 Å². The zero-order chi connectivity index (χ0) is 13.9. The molecular weight excluding hydrogens is 220 g/mol. The van der Waals surface area contributed by atoms with Gasteiger partial charge < -0.3 is 15.4 Å². The van der Waals surface area contributed by atoms with Crippen LogP contribution in [0.4, 0.5) is 4.79 Å². The molecule has 5 heteroatoms. The molecule has 0 rings (SSSR count). The minimum absolute atomic E-state index is 0.233. The monoisotopic (exact) mass is 244 g/mol. The third-order valence-corrected chi connectivity index (χ3v) is 1.62. The van der Waals surface area contributed by atoms with E-state index in [-0.39, 0.29) is 11.4 Å². The van der Waals surface area contributed by atoms with Gasteiger partial charge in [-0.05, 0) is 48.5 Å². The number of carbonyl (C=O) groups excluding carboxylic acids is 2. The Morgan fingerprint density at radius 2 is 1.53 bits per heavy atom. The smallest absolute Gasteiger partial charge is 0.408 e. The van der Waals surface area contributed by atoms with Crippen LogP contribution in [0.1, 0.15) is 48.5 Å². The number of hydrogen-bond donors (Lipinski definition) is 2. The summed E-state index contributed by atoms with van der Waals surface area (Å²) in [6.07, 6.45) is -0.589. The van der Waals surface area contributed by atoms with Crippen LogP contribution in [-0.4, -0.2) is 29.2 Å². The molecule has 17 heavy (non-hydrogen) atoms. The van der Waals surface area contributed by atoms with Crippen molar-refractivity contribution in [2.75, 3.05) is 0 Å². The number of amides is 2. The van der Waals surface area contributed by atoms with Gasteiger partial charge in [0, 0.05) is 5.54 Å². The molecule has 0 aromatic rings. The number of hydrogen-bond acceptors (Lipinski definition) is 3. The molecule has 0 heterocycles. The van der Waals surface area contributed by atoms with Gasteiger partial charge in [0.25, 0.3) is 0 Å². The van der Waals surface area contributed by atoms with Gasteiger partial charge in [-0.25, -0.2) is 4.79 Å². The summed E-state index contributed by atoms with van der Waals surface area (Å²) in [4.78, 5) is 23.1. The number of nitrogens with one attached hydrogen (secondary N) is 2. The molecule has 0 radical (unpaired) electrons. The highest BCUT2D eigenvalue weighted by atomic mass is 16.6. The van der Waals surface area contributed by atoms with Crippen LogP contribution in [-0.2, 0) is 9.53 Å². The van der Waals surface area contributed by atoms with Crippen molar-refractivity contribution in [3.63, 3.8) is 0 Å². The van der Waals surface area contributed by atoms with Crippen LogP contribution in [0.2, 0.25) is 0 Å². The standard InChI is InChI=1S/C12H24N2O3/c1-8(9(15)14-11(2,3)4)13-10(16)17-12(5,6)7/h8H,1-7H3,(H,13,16)(H,14,15)/t8-/m0/s1. The Bertz CT molecular complexity index is 287. The summed E-state index contributed by atoms with van der Waals surface area (Å²) in [6.45, 7) is 12.6. The van der Waals surface area contributed by atoms with E-state index in [1.165, 1.54) is 0 Å². The van der Waals surface area contributed by atoms with E-state index < -0.39 is 17.7 Å². The fraction of sp³-hybridized carbons (Fsp3) is 0.833. The molecule has 0 fully saturated rings. The molecule has 2 amide bonds. The molecule has 0 aromatic heterocycles. The maximum absolute atomic E-state index is 11.7. The van der Waals surface area contributed by atoms with Crippen LogP contribution in [0.3, 0.4) is 0 Å². The minimum atomic E-state index is -0.621. The molecule has 0 saturated carbocycles. The zero-order valence-electron chi connectivity index (χ0n) is 11.8. The number of carbonyl (C=O) groups is 2. The maximum Gasteiger partial charge on any atom is 0.408 e. The Kier molecular flexibility index (Phi) is 4.98. The molecule has 0 aromatic carbocycles. The molecule has 0 aliphatic carbocycles. The summed E-state index contributed by atoms with van der Waals surface area (Å²) in [7, 11) is 0. The Labute approximate surface area is 103 Å². The van der Waals surface area contributed by atoms with Crippen molar-refractivity contribution >= 4 is 12.0 Å². The lowest BCUT2D eigenvalue weighted by atomic mass is 10.1. The highest BCUT2D eigenvalue weighted by Crippen LogP contribution is 2.07. The van der Waals surface area contributed by atoms with E-state index in [0.29, 0.717) is 0 Å². The summed E-state index contributed by atoms with van der Waals surface area (Å²) >= 11 is 0. The van der Waals surface area contributed by atoms with Gasteiger partial charge in [0.05, 0.1) is 0 Å². The van der Waals surface area contributed by atoms with E-state index in [2.05, 4.69) is 10.6 Å². The van der Waals surface area contributed by atoms with E-state index in [9.17, 15) is 9.59 Å². The van der Waals surface area contributed by atoms with Crippen molar-refractivity contribution in [2.45, 2.75) is 65.6 Å². The van der Waals surface area contributed by atoms with E-state index in [1.54, 1.807) is 27.7 Å². The lowest BCUT2D eigenvalue weighted by Gasteiger charge is -2.25. The fourth-order valence-electron chi connectivity index (χ4n) is 1.03. The van der Waals surface area contributed by atoms with Gasteiger partial charge in [-0.2, -0.15) is 0 Å². The third-order valence-electron chi connectivity index (χ3n) is 1.62. The molecule has 0 saturated heterocycles. The predicted molar refractivity (Wildman–Crippen MR) is 66.7 cm³/mol. The highest BCUT2D eigenvalue weighted by Gasteiger charge is 2.23. The molecule has 0 aliphatic rings. The second-order valence-electron chi connectivity index (χ2n) is 6.11. The van der Waals surface area contributed by atoms with E-state index in [1.807, 2.05) is 20.8 Å². The molecule has 0 spiro atoms. The van der Waals surface area contributed by atoms with Gasteiger partial charge in [-0.15, -0.1) is 0 Å². The summed E-state index contributed by atoms with van der Waals surface area (Å²) < 4.78 is 5.06. The first kappa shape index (κ1) is 15.7. The van der Waals surface area contributed by atoms with E-state index in [4.69, 9.17) is 4.74 Å². The van der Waals surface area contributed by atoms with Crippen molar-refractivity contribution in [3.05, 3.63) is 0 Å². The second-order valence-corrected chi connectivity index (χ2v) is 6.11. The summed E-state index contributed by atoms with van der Waals surface area (Å²) in [5.41, 5.74) is -0.884. The van der Waals surface area contributed by atoms with Gasteiger partial charge in [-0.3, -0.25) is 4.79 Å². The van der Waals surface area contributed by atoms with Crippen molar-refractivity contribution in [2.24, 2.45) is 0 Å². The average molecular weight is 244 g/mol. The highest BCUT2D eigenvalue weighted by molar-refractivity contribution is 5.85. The summed E-state index contributed by atoms with van der Waals surface area (Å²) in [5, 5.41) is 5.26. The molecular formula is C12H24N2O3.